The third-order valence-electron chi connectivity index (χ3n) is 2.55. The van der Waals surface area contributed by atoms with E-state index in [1.165, 1.54) is 6.20 Å². The van der Waals surface area contributed by atoms with E-state index in [-0.39, 0.29) is 0 Å². The van der Waals surface area contributed by atoms with Gasteiger partial charge in [0.15, 0.2) is 0 Å². The first-order valence-corrected chi connectivity index (χ1v) is 5.42. The minimum Gasteiger partial charge on any atom is -0.264 e. The molecule has 0 fully saturated rings. The molecule has 2 aromatic heterocycles. The molecule has 3 nitrogen and oxygen atoms in total. The van der Waals surface area contributed by atoms with Crippen molar-refractivity contribution in [3.8, 4) is 0 Å². The number of hydrogen-bond acceptors (Lipinski definition) is 2. The van der Waals surface area contributed by atoms with Gasteiger partial charge in [0, 0.05) is 25.0 Å². The molecular formula is C12H12F3N3. The minimum atomic E-state index is -4.24. The van der Waals surface area contributed by atoms with Crippen LogP contribution in [-0.4, -0.2) is 20.9 Å². The van der Waals surface area contributed by atoms with Crippen molar-refractivity contribution in [2.24, 2.45) is 0 Å². The minimum absolute atomic E-state index is 0.513. The molecule has 0 radical (unpaired) electrons. The average Bonchev–Trinajstić information content (AvgIpc) is 2.66. The molecule has 6 heteroatoms. The van der Waals surface area contributed by atoms with E-state index >= 15 is 0 Å². The first kappa shape index (κ1) is 12.6. The molecule has 0 spiro atoms. The lowest BCUT2D eigenvalue weighted by Crippen LogP contribution is -2.18. The standard InChI is InChI=1S/C12H12F3N3/c1-9-7-16-4-2-10(9)6-11-3-5-18(17-11)8-12(13,14)15/h2-5,7H,6,8H2,1H3. The second-order valence-electron chi connectivity index (χ2n) is 4.10. The number of alkyl halides is 3. The van der Waals surface area contributed by atoms with Crippen LogP contribution in [0.5, 0.6) is 0 Å². The van der Waals surface area contributed by atoms with E-state index in [2.05, 4.69) is 10.1 Å². The van der Waals surface area contributed by atoms with Crippen molar-refractivity contribution in [1.82, 2.24) is 14.8 Å². The predicted molar refractivity (Wildman–Crippen MR) is 60.1 cm³/mol. The average molecular weight is 255 g/mol. The van der Waals surface area contributed by atoms with Gasteiger partial charge in [0.05, 0.1) is 5.69 Å². The second kappa shape index (κ2) is 4.80. The van der Waals surface area contributed by atoms with Gasteiger partial charge in [0.1, 0.15) is 6.54 Å². The lowest BCUT2D eigenvalue weighted by atomic mass is 10.1. The topological polar surface area (TPSA) is 30.7 Å². The van der Waals surface area contributed by atoms with Gasteiger partial charge in [-0.3, -0.25) is 9.67 Å². The SMILES string of the molecule is Cc1cnccc1Cc1ccn(CC(F)(F)F)n1. The van der Waals surface area contributed by atoms with E-state index in [0.717, 1.165) is 15.8 Å². The summed E-state index contributed by atoms with van der Waals surface area (Å²) in [6, 6.07) is 3.45. The monoisotopic (exact) mass is 255 g/mol. The van der Waals surface area contributed by atoms with Gasteiger partial charge < -0.3 is 0 Å². The summed E-state index contributed by atoms with van der Waals surface area (Å²) < 4.78 is 37.4. The quantitative estimate of drug-likeness (QED) is 0.844. The molecule has 0 atom stereocenters. The predicted octanol–water partition coefficient (Wildman–Crippen LogP) is 2.74. The maximum atomic E-state index is 12.2. The second-order valence-corrected chi connectivity index (χ2v) is 4.10. The highest BCUT2D eigenvalue weighted by Crippen LogP contribution is 2.17. The van der Waals surface area contributed by atoms with Gasteiger partial charge in [-0.15, -0.1) is 0 Å². The van der Waals surface area contributed by atoms with Gasteiger partial charge in [-0.1, -0.05) is 0 Å². The van der Waals surface area contributed by atoms with Gasteiger partial charge in [0.2, 0.25) is 0 Å². The van der Waals surface area contributed by atoms with Gasteiger partial charge in [-0.05, 0) is 30.2 Å². The summed E-state index contributed by atoms with van der Waals surface area (Å²) >= 11 is 0. The zero-order valence-electron chi connectivity index (χ0n) is 9.78. The zero-order chi connectivity index (χ0) is 13.2. The third-order valence-corrected chi connectivity index (χ3v) is 2.55. The highest BCUT2D eigenvalue weighted by molar-refractivity contribution is 5.26. The molecule has 0 saturated heterocycles. The van der Waals surface area contributed by atoms with Crippen molar-refractivity contribution in [3.63, 3.8) is 0 Å². The number of halogens is 3. The summed E-state index contributed by atoms with van der Waals surface area (Å²) in [6.07, 6.45) is 1.01. The Labute approximate surface area is 102 Å². The Morgan fingerprint density at radius 1 is 1.28 bits per heavy atom. The number of nitrogens with zero attached hydrogens (tertiary/aromatic N) is 3. The summed E-state index contributed by atoms with van der Waals surface area (Å²) in [5.41, 5.74) is 2.64. The van der Waals surface area contributed by atoms with Crippen molar-refractivity contribution in [2.75, 3.05) is 0 Å². The highest BCUT2D eigenvalue weighted by atomic mass is 19.4. The molecule has 0 N–H and O–H groups in total. The molecule has 18 heavy (non-hydrogen) atoms. The molecule has 2 aromatic rings. The molecule has 0 amide bonds. The highest BCUT2D eigenvalue weighted by Gasteiger charge is 2.28. The number of hydrogen-bond donors (Lipinski definition) is 0. The largest absolute Gasteiger partial charge is 0.408 e. The Balaban J connectivity index is 2.10. The third kappa shape index (κ3) is 3.32. The van der Waals surface area contributed by atoms with E-state index in [0.29, 0.717) is 12.1 Å². The maximum absolute atomic E-state index is 12.2. The molecule has 0 aliphatic heterocycles. The summed E-state index contributed by atoms with van der Waals surface area (Å²) in [7, 11) is 0. The first-order chi connectivity index (χ1) is 8.44. The number of pyridine rings is 1. The summed E-state index contributed by atoms with van der Waals surface area (Å²) in [6.45, 7) is 0.859. The van der Waals surface area contributed by atoms with Crippen LogP contribution in [0.3, 0.4) is 0 Å². The molecule has 0 bridgehead atoms. The van der Waals surface area contributed by atoms with Crippen LogP contribution in [0.15, 0.2) is 30.7 Å². The van der Waals surface area contributed by atoms with Crippen LogP contribution in [0.25, 0.3) is 0 Å². The van der Waals surface area contributed by atoms with Gasteiger partial charge in [-0.2, -0.15) is 18.3 Å². The summed E-state index contributed by atoms with van der Waals surface area (Å²) in [5.74, 6) is 0. The van der Waals surface area contributed by atoms with Crippen molar-refractivity contribution in [3.05, 3.63) is 47.5 Å². The number of aryl methyl sites for hydroxylation is 1. The summed E-state index contributed by atoms with van der Waals surface area (Å²) in [5, 5.41) is 3.91. The van der Waals surface area contributed by atoms with Crippen LogP contribution < -0.4 is 0 Å². The van der Waals surface area contributed by atoms with E-state index < -0.39 is 12.7 Å². The fourth-order valence-electron chi connectivity index (χ4n) is 1.67. The van der Waals surface area contributed by atoms with Crippen LogP contribution in [0, 0.1) is 6.92 Å². The number of rotatable bonds is 3. The van der Waals surface area contributed by atoms with E-state index in [1.807, 2.05) is 13.0 Å². The maximum Gasteiger partial charge on any atom is 0.408 e. The van der Waals surface area contributed by atoms with Crippen molar-refractivity contribution in [1.29, 1.82) is 0 Å². The molecule has 0 aliphatic carbocycles. The van der Waals surface area contributed by atoms with E-state index in [4.69, 9.17) is 0 Å². The Hall–Kier alpha value is -1.85. The van der Waals surface area contributed by atoms with Gasteiger partial charge in [-0.25, -0.2) is 0 Å². The molecule has 0 saturated carbocycles. The fraction of sp³-hybridized carbons (Fsp3) is 0.333. The summed E-state index contributed by atoms with van der Waals surface area (Å²) in [4.78, 5) is 3.97. The molecule has 2 rings (SSSR count). The lowest BCUT2D eigenvalue weighted by molar-refractivity contribution is -0.142. The van der Waals surface area contributed by atoms with Crippen LogP contribution in [0.2, 0.25) is 0 Å². The number of aromatic nitrogens is 3. The molecule has 0 aliphatic rings. The Bertz CT molecular complexity index is 531. The molecule has 0 unspecified atom stereocenters. The molecule has 2 heterocycles. The molecule has 96 valence electrons. The Kier molecular flexibility index (Phi) is 3.36. The van der Waals surface area contributed by atoms with Crippen molar-refractivity contribution >= 4 is 0 Å². The Morgan fingerprint density at radius 3 is 2.72 bits per heavy atom. The first-order valence-electron chi connectivity index (χ1n) is 5.42. The lowest BCUT2D eigenvalue weighted by Gasteiger charge is -2.05. The van der Waals surface area contributed by atoms with Crippen LogP contribution in [0.4, 0.5) is 13.2 Å². The normalized spacial score (nSPS) is 11.8. The van der Waals surface area contributed by atoms with Gasteiger partial charge >= 0.3 is 6.18 Å². The van der Waals surface area contributed by atoms with E-state index in [1.54, 1.807) is 18.5 Å². The fourth-order valence-corrected chi connectivity index (χ4v) is 1.67. The molecular weight excluding hydrogens is 243 g/mol. The van der Waals surface area contributed by atoms with Crippen LogP contribution >= 0.6 is 0 Å². The smallest absolute Gasteiger partial charge is 0.264 e. The van der Waals surface area contributed by atoms with Gasteiger partial charge in [0.25, 0.3) is 0 Å². The van der Waals surface area contributed by atoms with E-state index in [9.17, 15) is 13.2 Å². The Morgan fingerprint density at radius 2 is 2.06 bits per heavy atom. The zero-order valence-corrected chi connectivity index (χ0v) is 9.78. The van der Waals surface area contributed by atoms with Crippen molar-refractivity contribution in [2.45, 2.75) is 26.1 Å². The van der Waals surface area contributed by atoms with Crippen molar-refractivity contribution < 1.29 is 13.2 Å². The van der Waals surface area contributed by atoms with Crippen LogP contribution in [-0.2, 0) is 13.0 Å². The van der Waals surface area contributed by atoms with Crippen LogP contribution in [0.1, 0.15) is 16.8 Å². The molecule has 0 aromatic carbocycles.